The fraction of sp³-hybridized carbons (Fsp3) is 0.714. The van der Waals surface area contributed by atoms with Crippen molar-refractivity contribution in [1.82, 2.24) is 9.27 Å². The lowest BCUT2D eigenvalue weighted by atomic mass is 9.89. The van der Waals surface area contributed by atoms with Gasteiger partial charge >= 0.3 is 0 Å². The van der Waals surface area contributed by atoms with E-state index in [1.807, 2.05) is 0 Å². The van der Waals surface area contributed by atoms with E-state index >= 15 is 0 Å². The highest BCUT2D eigenvalue weighted by Gasteiger charge is 2.35. The second-order valence-corrected chi connectivity index (χ2v) is 6.49. The molecule has 0 amide bonds. The van der Waals surface area contributed by atoms with Gasteiger partial charge in [0.15, 0.2) is 5.78 Å². The van der Waals surface area contributed by atoms with Crippen molar-refractivity contribution in [3.63, 3.8) is 0 Å². The fourth-order valence-electron chi connectivity index (χ4n) is 2.91. The highest BCUT2D eigenvalue weighted by Crippen LogP contribution is 2.47. The van der Waals surface area contributed by atoms with Gasteiger partial charge in [-0.05, 0) is 63.3 Å². The van der Waals surface area contributed by atoms with Crippen molar-refractivity contribution < 1.29 is 4.79 Å². The van der Waals surface area contributed by atoms with Crippen LogP contribution in [0.4, 0.5) is 0 Å². The molecule has 0 aromatic carbocycles. The molecule has 4 heteroatoms. The van der Waals surface area contributed by atoms with E-state index in [9.17, 15) is 4.79 Å². The van der Waals surface area contributed by atoms with E-state index in [-0.39, 0.29) is 5.78 Å². The SMILES string of the molecule is CC(=O)c1snc(C2CCN(C)CC2)c1C1CC1. The Morgan fingerprint density at radius 2 is 1.89 bits per heavy atom. The molecule has 1 aromatic heterocycles. The zero-order valence-electron chi connectivity index (χ0n) is 11.1. The van der Waals surface area contributed by atoms with Crippen LogP contribution in [0.3, 0.4) is 0 Å². The Morgan fingerprint density at radius 1 is 1.22 bits per heavy atom. The molecule has 1 aliphatic heterocycles. The normalized spacial score (nSPS) is 22.3. The molecule has 3 rings (SSSR count). The number of carbonyl (C=O) groups excluding carboxylic acids is 1. The van der Waals surface area contributed by atoms with Crippen molar-refractivity contribution in [2.24, 2.45) is 0 Å². The van der Waals surface area contributed by atoms with Crippen LogP contribution in [0.5, 0.6) is 0 Å². The first-order chi connectivity index (χ1) is 8.66. The molecule has 0 spiro atoms. The molecule has 1 saturated heterocycles. The Bertz CT molecular complexity index is 456. The highest BCUT2D eigenvalue weighted by atomic mass is 32.1. The average Bonchev–Trinajstić information content (AvgIpc) is 3.09. The Hall–Kier alpha value is -0.740. The number of hydrogen-bond acceptors (Lipinski definition) is 4. The predicted octanol–water partition coefficient (Wildman–Crippen LogP) is 3.03. The van der Waals surface area contributed by atoms with E-state index in [2.05, 4.69) is 16.3 Å². The first-order valence-electron chi connectivity index (χ1n) is 6.85. The van der Waals surface area contributed by atoms with Crippen LogP contribution in [0.25, 0.3) is 0 Å². The molecule has 3 nitrogen and oxygen atoms in total. The molecule has 2 fully saturated rings. The van der Waals surface area contributed by atoms with Gasteiger partial charge in [0.2, 0.25) is 0 Å². The quantitative estimate of drug-likeness (QED) is 0.787. The number of hydrogen-bond donors (Lipinski definition) is 0. The first kappa shape index (κ1) is 12.3. The average molecular weight is 264 g/mol. The van der Waals surface area contributed by atoms with E-state index in [1.165, 1.54) is 48.5 Å². The summed E-state index contributed by atoms with van der Waals surface area (Å²) >= 11 is 1.43. The van der Waals surface area contributed by atoms with Crippen LogP contribution in [0.1, 0.15) is 65.4 Å². The van der Waals surface area contributed by atoms with Crippen LogP contribution in [0.15, 0.2) is 0 Å². The molecule has 0 bridgehead atoms. The molecule has 2 aliphatic rings. The summed E-state index contributed by atoms with van der Waals surface area (Å²) in [5, 5.41) is 0. The summed E-state index contributed by atoms with van der Waals surface area (Å²) in [4.78, 5) is 15.0. The number of likely N-dealkylation sites (tertiary alicyclic amines) is 1. The Balaban J connectivity index is 1.89. The number of rotatable bonds is 3. The van der Waals surface area contributed by atoms with Gasteiger partial charge in [0, 0.05) is 18.4 Å². The number of ketones is 1. The topological polar surface area (TPSA) is 33.2 Å². The van der Waals surface area contributed by atoms with Crippen molar-refractivity contribution in [1.29, 1.82) is 0 Å². The molecule has 98 valence electrons. The molecule has 18 heavy (non-hydrogen) atoms. The maximum absolute atomic E-state index is 11.7. The van der Waals surface area contributed by atoms with Crippen LogP contribution >= 0.6 is 11.5 Å². The number of nitrogens with zero attached hydrogens (tertiary/aromatic N) is 2. The molecule has 0 atom stereocenters. The van der Waals surface area contributed by atoms with E-state index in [0.717, 1.165) is 18.0 Å². The third-order valence-electron chi connectivity index (χ3n) is 4.17. The minimum Gasteiger partial charge on any atom is -0.306 e. The van der Waals surface area contributed by atoms with E-state index < -0.39 is 0 Å². The molecule has 1 aromatic rings. The van der Waals surface area contributed by atoms with Gasteiger partial charge in [-0.25, -0.2) is 0 Å². The lowest BCUT2D eigenvalue weighted by molar-refractivity contribution is 0.102. The van der Waals surface area contributed by atoms with Crippen molar-refractivity contribution in [2.45, 2.75) is 44.4 Å². The largest absolute Gasteiger partial charge is 0.306 e. The monoisotopic (exact) mass is 264 g/mol. The van der Waals surface area contributed by atoms with Crippen molar-refractivity contribution in [3.05, 3.63) is 16.1 Å². The lowest BCUT2D eigenvalue weighted by Crippen LogP contribution is -2.29. The Kier molecular flexibility index (Phi) is 3.24. The smallest absolute Gasteiger partial charge is 0.171 e. The van der Waals surface area contributed by atoms with Gasteiger partial charge in [0.05, 0.1) is 10.6 Å². The van der Waals surface area contributed by atoms with Crippen LogP contribution < -0.4 is 0 Å². The van der Waals surface area contributed by atoms with Crippen LogP contribution in [0.2, 0.25) is 0 Å². The minimum absolute atomic E-state index is 0.202. The summed E-state index contributed by atoms with van der Waals surface area (Å²) in [6, 6.07) is 0. The zero-order chi connectivity index (χ0) is 12.7. The fourth-order valence-corrected chi connectivity index (χ4v) is 3.84. The van der Waals surface area contributed by atoms with E-state index in [1.54, 1.807) is 6.92 Å². The van der Waals surface area contributed by atoms with Crippen molar-refractivity contribution >= 4 is 17.3 Å². The van der Waals surface area contributed by atoms with Gasteiger partial charge in [-0.3, -0.25) is 4.79 Å². The van der Waals surface area contributed by atoms with E-state index in [0.29, 0.717) is 11.8 Å². The third-order valence-corrected chi connectivity index (χ3v) is 5.14. The number of carbonyl (C=O) groups is 1. The molecule has 1 saturated carbocycles. The molecule has 1 aliphatic carbocycles. The van der Waals surface area contributed by atoms with Crippen LogP contribution in [0, 0.1) is 0 Å². The minimum atomic E-state index is 0.202. The Morgan fingerprint density at radius 3 is 2.44 bits per heavy atom. The van der Waals surface area contributed by atoms with Gasteiger partial charge in [-0.2, -0.15) is 4.37 Å². The second kappa shape index (κ2) is 4.74. The number of Topliss-reactive ketones (excluding diaryl/α,β-unsaturated/α-hetero) is 1. The highest BCUT2D eigenvalue weighted by molar-refractivity contribution is 7.08. The zero-order valence-corrected chi connectivity index (χ0v) is 11.9. The standard InChI is InChI=1S/C14H20N2OS/c1-9(17)14-12(10-3-4-10)13(15-18-14)11-5-7-16(2)8-6-11/h10-11H,3-8H2,1-2H3. The maximum atomic E-state index is 11.7. The second-order valence-electron chi connectivity index (χ2n) is 5.72. The predicted molar refractivity (Wildman–Crippen MR) is 73.6 cm³/mol. The summed E-state index contributed by atoms with van der Waals surface area (Å²) < 4.78 is 4.65. The third kappa shape index (κ3) is 2.24. The number of aromatic nitrogens is 1. The molecule has 0 N–H and O–H groups in total. The molecular weight excluding hydrogens is 244 g/mol. The lowest BCUT2D eigenvalue weighted by Gasteiger charge is -2.28. The Labute approximate surface area is 112 Å². The first-order valence-corrected chi connectivity index (χ1v) is 7.63. The summed E-state index contributed by atoms with van der Waals surface area (Å²) in [7, 11) is 2.18. The summed E-state index contributed by atoms with van der Waals surface area (Å²) in [5.41, 5.74) is 2.59. The number of piperidine rings is 1. The molecular formula is C14H20N2OS. The van der Waals surface area contributed by atoms with Crippen LogP contribution in [-0.4, -0.2) is 35.2 Å². The summed E-state index contributed by atoms with van der Waals surface area (Å²) in [6.07, 6.45) is 4.88. The molecule has 0 radical (unpaired) electrons. The van der Waals surface area contributed by atoms with E-state index in [4.69, 9.17) is 0 Å². The van der Waals surface area contributed by atoms with Crippen molar-refractivity contribution in [2.75, 3.05) is 20.1 Å². The molecule has 0 unspecified atom stereocenters. The maximum Gasteiger partial charge on any atom is 0.171 e. The molecule has 2 heterocycles. The van der Waals surface area contributed by atoms with Crippen molar-refractivity contribution in [3.8, 4) is 0 Å². The summed E-state index contributed by atoms with van der Waals surface area (Å²) in [6.45, 7) is 3.99. The van der Waals surface area contributed by atoms with Gasteiger partial charge < -0.3 is 4.90 Å². The van der Waals surface area contributed by atoms with Gasteiger partial charge in [0.25, 0.3) is 0 Å². The van der Waals surface area contributed by atoms with Gasteiger partial charge in [-0.1, -0.05) is 0 Å². The van der Waals surface area contributed by atoms with Gasteiger partial charge in [-0.15, -0.1) is 0 Å². The summed E-state index contributed by atoms with van der Waals surface area (Å²) in [5.74, 6) is 1.42. The van der Waals surface area contributed by atoms with Gasteiger partial charge in [0.1, 0.15) is 0 Å². The van der Waals surface area contributed by atoms with Crippen LogP contribution in [-0.2, 0) is 0 Å².